The minimum atomic E-state index is -3.06. The summed E-state index contributed by atoms with van der Waals surface area (Å²) in [5, 5.41) is 0.802. The number of sulfone groups is 1. The van der Waals surface area contributed by atoms with Crippen LogP contribution in [0.15, 0.2) is 30.5 Å². The molecule has 5 heteroatoms. The topological polar surface area (TPSA) is 73.0 Å². The van der Waals surface area contributed by atoms with E-state index < -0.39 is 9.84 Å². The zero-order valence-corrected chi connectivity index (χ0v) is 10.4. The Morgan fingerprint density at radius 3 is 2.76 bits per heavy atom. The van der Waals surface area contributed by atoms with Crippen molar-refractivity contribution in [3.05, 3.63) is 36.0 Å². The molecule has 0 aliphatic carbocycles. The normalized spacial score (nSPS) is 11.8. The highest BCUT2D eigenvalue weighted by molar-refractivity contribution is 7.90. The first kappa shape index (κ1) is 11.9. The van der Waals surface area contributed by atoms with Gasteiger partial charge >= 0.3 is 0 Å². The Hall–Kier alpha value is -1.62. The van der Waals surface area contributed by atoms with Crippen LogP contribution in [-0.2, 0) is 15.6 Å². The van der Waals surface area contributed by atoms with Gasteiger partial charge in [-0.15, -0.1) is 0 Å². The highest BCUT2D eigenvalue weighted by Crippen LogP contribution is 2.23. The van der Waals surface area contributed by atoms with Crippen LogP contribution < -0.4 is 5.73 Å². The van der Waals surface area contributed by atoms with Crippen molar-refractivity contribution in [2.75, 3.05) is 11.5 Å². The standard InChI is InChI=1S/C12H14N2O2S/c1-2-17(15,16)8-9-5-6-11(13)10-4-3-7-14-12(9)10/h3-7H,2,8,13H2,1H3. The predicted molar refractivity (Wildman–Crippen MR) is 69.3 cm³/mol. The smallest absolute Gasteiger partial charge is 0.154 e. The maximum atomic E-state index is 11.6. The summed E-state index contributed by atoms with van der Waals surface area (Å²) in [6, 6.07) is 7.10. The first-order valence-electron chi connectivity index (χ1n) is 5.36. The fourth-order valence-corrected chi connectivity index (χ4v) is 2.62. The van der Waals surface area contributed by atoms with Gasteiger partial charge in [0.15, 0.2) is 9.84 Å². The first-order chi connectivity index (χ1) is 8.03. The van der Waals surface area contributed by atoms with Crippen molar-refractivity contribution < 1.29 is 8.42 Å². The van der Waals surface area contributed by atoms with Crippen molar-refractivity contribution >= 4 is 26.4 Å². The minimum Gasteiger partial charge on any atom is -0.398 e. The van der Waals surface area contributed by atoms with E-state index in [9.17, 15) is 8.42 Å². The summed E-state index contributed by atoms with van der Waals surface area (Å²) in [5.41, 5.74) is 7.82. The summed E-state index contributed by atoms with van der Waals surface area (Å²) in [6.45, 7) is 1.64. The molecule has 0 saturated carbocycles. The van der Waals surface area contributed by atoms with Gasteiger partial charge in [0.2, 0.25) is 0 Å². The number of hydrogen-bond donors (Lipinski definition) is 1. The van der Waals surface area contributed by atoms with Crippen molar-refractivity contribution in [3.63, 3.8) is 0 Å². The van der Waals surface area contributed by atoms with Crippen LogP contribution in [-0.4, -0.2) is 19.2 Å². The molecule has 0 spiro atoms. The molecule has 1 aromatic carbocycles. The van der Waals surface area contributed by atoms with Gasteiger partial charge in [-0.3, -0.25) is 4.98 Å². The SMILES string of the molecule is CCS(=O)(=O)Cc1ccc(N)c2cccnc12. The van der Waals surface area contributed by atoms with Gasteiger partial charge in [0.1, 0.15) is 0 Å². The highest BCUT2D eigenvalue weighted by Gasteiger charge is 2.13. The van der Waals surface area contributed by atoms with Gasteiger partial charge in [0, 0.05) is 23.0 Å². The number of fused-ring (bicyclic) bond motifs is 1. The molecule has 4 nitrogen and oxygen atoms in total. The number of nitrogen functional groups attached to an aromatic ring is 1. The van der Waals surface area contributed by atoms with Gasteiger partial charge in [0.05, 0.1) is 11.3 Å². The Morgan fingerprint density at radius 1 is 1.29 bits per heavy atom. The summed E-state index contributed by atoms with van der Waals surface area (Å²) in [5.74, 6) is 0.142. The van der Waals surface area contributed by atoms with Crippen LogP contribution in [0, 0.1) is 0 Å². The molecule has 90 valence electrons. The molecule has 0 atom stereocenters. The second-order valence-electron chi connectivity index (χ2n) is 3.89. The number of nitrogens with two attached hydrogens (primary N) is 1. The van der Waals surface area contributed by atoms with Crippen molar-refractivity contribution in [3.8, 4) is 0 Å². The average Bonchev–Trinajstić information content (AvgIpc) is 2.33. The molecule has 0 amide bonds. The number of nitrogens with zero attached hydrogens (tertiary/aromatic N) is 1. The molecular weight excluding hydrogens is 236 g/mol. The van der Waals surface area contributed by atoms with E-state index in [1.54, 1.807) is 31.3 Å². The van der Waals surface area contributed by atoms with Crippen LogP contribution in [0.4, 0.5) is 5.69 Å². The number of benzene rings is 1. The summed E-state index contributed by atoms with van der Waals surface area (Å²) in [7, 11) is -3.06. The molecule has 0 fully saturated rings. The maximum absolute atomic E-state index is 11.6. The van der Waals surface area contributed by atoms with Crippen LogP contribution in [0.25, 0.3) is 10.9 Å². The molecule has 2 rings (SSSR count). The number of rotatable bonds is 3. The van der Waals surface area contributed by atoms with E-state index in [4.69, 9.17) is 5.73 Å². The Balaban J connectivity index is 2.60. The number of hydrogen-bond acceptors (Lipinski definition) is 4. The van der Waals surface area contributed by atoms with Gasteiger partial charge in [-0.05, 0) is 23.8 Å². The van der Waals surface area contributed by atoms with Crippen LogP contribution in [0.3, 0.4) is 0 Å². The lowest BCUT2D eigenvalue weighted by atomic mass is 10.1. The Morgan fingerprint density at radius 2 is 2.06 bits per heavy atom. The predicted octanol–water partition coefficient (Wildman–Crippen LogP) is 1.75. The monoisotopic (exact) mass is 250 g/mol. The van der Waals surface area contributed by atoms with E-state index in [-0.39, 0.29) is 11.5 Å². The summed E-state index contributed by atoms with van der Waals surface area (Å²) in [6.07, 6.45) is 1.64. The second kappa shape index (κ2) is 4.33. The molecule has 2 N–H and O–H groups in total. The third kappa shape index (κ3) is 2.39. The number of aromatic nitrogens is 1. The molecule has 17 heavy (non-hydrogen) atoms. The quantitative estimate of drug-likeness (QED) is 0.842. The number of pyridine rings is 1. The van der Waals surface area contributed by atoms with Crippen LogP contribution >= 0.6 is 0 Å². The first-order valence-corrected chi connectivity index (χ1v) is 7.18. The molecule has 1 heterocycles. The summed E-state index contributed by atoms with van der Waals surface area (Å²) < 4.78 is 23.3. The Labute approximate surface area is 100 Å². The van der Waals surface area contributed by atoms with E-state index in [2.05, 4.69) is 4.98 Å². The zero-order chi connectivity index (χ0) is 12.5. The second-order valence-corrected chi connectivity index (χ2v) is 6.24. The van der Waals surface area contributed by atoms with Crippen LogP contribution in [0.5, 0.6) is 0 Å². The molecule has 1 aromatic heterocycles. The van der Waals surface area contributed by atoms with Gasteiger partial charge < -0.3 is 5.73 Å². The summed E-state index contributed by atoms with van der Waals surface area (Å²) in [4.78, 5) is 4.22. The molecule has 0 bridgehead atoms. The van der Waals surface area contributed by atoms with Crippen molar-refractivity contribution in [1.82, 2.24) is 4.98 Å². The van der Waals surface area contributed by atoms with E-state index in [1.165, 1.54) is 0 Å². The molecule has 0 unspecified atom stereocenters. The third-order valence-electron chi connectivity index (χ3n) is 2.70. The van der Waals surface area contributed by atoms with Gasteiger partial charge in [-0.25, -0.2) is 8.42 Å². The molecule has 0 saturated heterocycles. The zero-order valence-electron chi connectivity index (χ0n) is 9.55. The van der Waals surface area contributed by atoms with E-state index in [1.807, 2.05) is 6.07 Å². The van der Waals surface area contributed by atoms with Gasteiger partial charge in [-0.2, -0.15) is 0 Å². The Bertz CT molecular complexity index is 651. The lowest BCUT2D eigenvalue weighted by molar-refractivity contribution is 0.596. The van der Waals surface area contributed by atoms with Crippen LogP contribution in [0.1, 0.15) is 12.5 Å². The van der Waals surface area contributed by atoms with E-state index in [0.717, 1.165) is 5.39 Å². The van der Waals surface area contributed by atoms with Gasteiger partial charge in [0.25, 0.3) is 0 Å². The highest BCUT2D eigenvalue weighted by atomic mass is 32.2. The maximum Gasteiger partial charge on any atom is 0.154 e. The summed E-state index contributed by atoms with van der Waals surface area (Å²) >= 11 is 0. The van der Waals surface area contributed by atoms with E-state index in [0.29, 0.717) is 16.8 Å². The average molecular weight is 250 g/mol. The molecule has 0 aliphatic rings. The van der Waals surface area contributed by atoms with Crippen LogP contribution in [0.2, 0.25) is 0 Å². The largest absolute Gasteiger partial charge is 0.398 e. The molecule has 0 radical (unpaired) electrons. The lowest BCUT2D eigenvalue weighted by Gasteiger charge is -2.07. The van der Waals surface area contributed by atoms with E-state index >= 15 is 0 Å². The Kier molecular flexibility index (Phi) is 3.02. The molecular formula is C12H14N2O2S. The molecule has 0 aliphatic heterocycles. The fourth-order valence-electron chi connectivity index (χ4n) is 1.71. The fraction of sp³-hybridized carbons (Fsp3) is 0.250. The third-order valence-corrected chi connectivity index (χ3v) is 4.33. The van der Waals surface area contributed by atoms with Crippen molar-refractivity contribution in [2.24, 2.45) is 0 Å². The number of anilines is 1. The van der Waals surface area contributed by atoms with Crippen molar-refractivity contribution in [2.45, 2.75) is 12.7 Å². The molecule has 2 aromatic rings. The van der Waals surface area contributed by atoms with Gasteiger partial charge in [-0.1, -0.05) is 13.0 Å². The van der Waals surface area contributed by atoms with Crippen molar-refractivity contribution in [1.29, 1.82) is 0 Å². The lowest BCUT2D eigenvalue weighted by Crippen LogP contribution is -2.07. The minimum absolute atomic E-state index is 0.0112.